The fourth-order valence-corrected chi connectivity index (χ4v) is 2.93. The van der Waals surface area contributed by atoms with Gasteiger partial charge in [-0.1, -0.05) is 29.8 Å². The van der Waals surface area contributed by atoms with Gasteiger partial charge in [-0.15, -0.1) is 0 Å². The number of non-ortho nitro benzene ring substituents is 1. The third kappa shape index (κ3) is 3.63. The first-order valence-corrected chi connectivity index (χ1v) is 8.47. The van der Waals surface area contributed by atoms with E-state index in [1.807, 2.05) is 0 Å². The number of aromatic nitrogens is 2. The molecule has 1 aromatic heterocycles. The van der Waals surface area contributed by atoms with Crippen LogP contribution in [-0.4, -0.2) is 26.5 Å². The van der Waals surface area contributed by atoms with Gasteiger partial charge in [0.2, 0.25) is 11.7 Å². The second-order valence-electron chi connectivity index (χ2n) is 5.90. The molecule has 142 valence electrons. The van der Waals surface area contributed by atoms with Crippen LogP contribution in [0.25, 0.3) is 0 Å². The van der Waals surface area contributed by atoms with Crippen molar-refractivity contribution in [3.63, 3.8) is 0 Å². The third-order valence-corrected chi connectivity index (χ3v) is 4.32. The molecule has 28 heavy (non-hydrogen) atoms. The van der Waals surface area contributed by atoms with Gasteiger partial charge in [-0.05, 0) is 25.1 Å². The number of nitro groups is 1. The van der Waals surface area contributed by atoms with Crippen molar-refractivity contribution in [2.24, 2.45) is 7.05 Å². The summed E-state index contributed by atoms with van der Waals surface area (Å²) in [5.41, 5.74) is 0.508. The van der Waals surface area contributed by atoms with Crippen LogP contribution in [0.3, 0.4) is 0 Å². The van der Waals surface area contributed by atoms with E-state index in [1.165, 1.54) is 23.9 Å². The van der Waals surface area contributed by atoms with E-state index in [4.69, 9.17) is 16.3 Å². The number of hydrogen-bond acceptors (Lipinski definition) is 6. The Bertz CT molecular complexity index is 1090. The van der Waals surface area contributed by atoms with E-state index in [1.54, 1.807) is 37.3 Å². The summed E-state index contributed by atoms with van der Waals surface area (Å²) in [5, 5.41) is 14.9. The molecule has 2 aromatic carbocycles. The summed E-state index contributed by atoms with van der Waals surface area (Å²) < 4.78 is 6.70. The number of aryl methyl sites for hydroxylation is 2. The van der Waals surface area contributed by atoms with Gasteiger partial charge in [0.15, 0.2) is 0 Å². The maximum Gasteiger partial charge on any atom is 0.344 e. The number of hydrogen-bond donors (Lipinski definition) is 0. The lowest BCUT2D eigenvalue weighted by Crippen LogP contribution is -2.14. The molecule has 0 amide bonds. The van der Waals surface area contributed by atoms with Crippen LogP contribution in [0.4, 0.5) is 5.69 Å². The van der Waals surface area contributed by atoms with Gasteiger partial charge in [-0.3, -0.25) is 14.9 Å². The third-order valence-electron chi connectivity index (χ3n) is 4.00. The Labute approximate surface area is 164 Å². The highest BCUT2D eigenvalue weighted by atomic mass is 35.5. The molecule has 0 aliphatic heterocycles. The highest BCUT2D eigenvalue weighted by Crippen LogP contribution is 2.30. The molecule has 0 saturated carbocycles. The summed E-state index contributed by atoms with van der Waals surface area (Å²) in [4.78, 5) is 35.7. The minimum Gasteiger partial charge on any atom is -0.403 e. The largest absolute Gasteiger partial charge is 0.403 e. The molecule has 0 radical (unpaired) electrons. The van der Waals surface area contributed by atoms with Crippen molar-refractivity contribution in [3.8, 4) is 5.88 Å². The van der Waals surface area contributed by atoms with Crippen LogP contribution in [0.5, 0.6) is 5.88 Å². The van der Waals surface area contributed by atoms with E-state index in [0.717, 1.165) is 6.07 Å². The van der Waals surface area contributed by atoms with E-state index in [9.17, 15) is 19.7 Å². The highest BCUT2D eigenvalue weighted by Gasteiger charge is 2.27. The molecule has 0 aliphatic rings. The van der Waals surface area contributed by atoms with Crippen LogP contribution in [0.15, 0.2) is 48.5 Å². The fourth-order valence-electron chi connectivity index (χ4n) is 2.67. The van der Waals surface area contributed by atoms with E-state index < -0.39 is 16.7 Å². The summed E-state index contributed by atoms with van der Waals surface area (Å²) in [6.45, 7) is 1.59. The van der Waals surface area contributed by atoms with E-state index >= 15 is 0 Å². The summed E-state index contributed by atoms with van der Waals surface area (Å²) in [5.74, 6) is -1.24. The second kappa shape index (κ2) is 7.61. The first-order chi connectivity index (χ1) is 13.3. The lowest BCUT2D eigenvalue weighted by Gasteiger charge is -2.08. The molecule has 1 heterocycles. The van der Waals surface area contributed by atoms with E-state index in [0.29, 0.717) is 11.3 Å². The monoisotopic (exact) mass is 399 g/mol. The quantitative estimate of drug-likeness (QED) is 0.280. The molecule has 0 N–H and O–H groups in total. The van der Waals surface area contributed by atoms with Crippen molar-refractivity contribution in [1.82, 2.24) is 9.78 Å². The first kappa shape index (κ1) is 19.2. The van der Waals surface area contributed by atoms with Crippen molar-refractivity contribution in [1.29, 1.82) is 0 Å². The van der Waals surface area contributed by atoms with E-state index in [2.05, 4.69) is 5.10 Å². The predicted molar refractivity (Wildman–Crippen MR) is 101 cm³/mol. The topological polar surface area (TPSA) is 104 Å². The maximum absolute atomic E-state index is 13.0. The lowest BCUT2D eigenvalue weighted by atomic mass is 10.0. The van der Waals surface area contributed by atoms with Crippen LogP contribution in [0, 0.1) is 17.0 Å². The zero-order valence-corrected chi connectivity index (χ0v) is 15.6. The summed E-state index contributed by atoms with van der Waals surface area (Å²) in [6.07, 6.45) is 0. The Morgan fingerprint density at radius 1 is 1.18 bits per heavy atom. The van der Waals surface area contributed by atoms with Crippen LogP contribution < -0.4 is 4.74 Å². The number of halogens is 1. The fraction of sp³-hybridized carbons (Fsp3) is 0.105. The molecule has 3 rings (SSSR count). The first-order valence-electron chi connectivity index (χ1n) is 8.09. The summed E-state index contributed by atoms with van der Waals surface area (Å²) in [7, 11) is 1.54. The number of esters is 1. The molecule has 0 atom stereocenters. The number of ketones is 1. The average Bonchev–Trinajstić information content (AvgIpc) is 2.94. The SMILES string of the molecule is Cc1nn(C)c(OC(=O)c2ccccc2)c1C(=O)c1ccc([N+](=O)[O-])cc1Cl. The zero-order chi connectivity index (χ0) is 20.4. The van der Waals surface area contributed by atoms with Crippen molar-refractivity contribution in [2.45, 2.75) is 6.92 Å². The molecule has 3 aromatic rings. The number of ether oxygens (including phenoxy) is 1. The molecule has 0 bridgehead atoms. The smallest absolute Gasteiger partial charge is 0.344 e. The van der Waals surface area contributed by atoms with Crippen molar-refractivity contribution >= 4 is 29.0 Å². The van der Waals surface area contributed by atoms with E-state index in [-0.39, 0.29) is 27.7 Å². The number of carbonyl (C=O) groups excluding carboxylic acids is 2. The second-order valence-corrected chi connectivity index (χ2v) is 6.30. The zero-order valence-electron chi connectivity index (χ0n) is 14.9. The summed E-state index contributed by atoms with van der Waals surface area (Å²) in [6, 6.07) is 11.8. The van der Waals surface area contributed by atoms with Crippen LogP contribution in [0.1, 0.15) is 32.0 Å². The summed E-state index contributed by atoms with van der Waals surface area (Å²) >= 11 is 6.07. The molecule has 0 aliphatic carbocycles. The van der Waals surface area contributed by atoms with Gasteiger partial charge in [-0.25, -0.2) is 9.48 Å². The van der Waals surface area contributed by atoms with Crippen LogP contribution in [-0.2, 0) is 7.05 Å². The molecule has 0 spiro atoms. The van der Waals surface area contributed by atoms with Crippen molar-refractivity contribution < 1.29 is 19.2 Å². The number of rotatable bonds is 5. The maximum atomic E-state index is 13.0. The molecular formula is C19H14ClN3O5. The molecule has 0 unspecified atom stereocenters. The molecule has 0 fully saturated rings. The Morgan fingerprint density at radius 3 is 2.46 bits per heavy atom. The predicted octanol–water partition coefficient (Wildman–Crippen LogP) is 3.74. The van der Waals surface area contributed by atoms with Gasteiger partial charge in [0.1, 0.15) is 5.56 Å². The van der Waals surface area contributed by atoms with Crippen LogP contribution >= 0.6 is 11.6 Å². The van der Waals surface area contributed by atoms with Gasteiger partial charge >= 0.3 is 5.97 Å². The minimum absolute atomic E-state index is 0.0363. The van der Waals surface area contributed by atoms with Crippen molar-refractivity contribution in [2.75, 3.05) is 0 Å². The standard InChI is InChI=1S/C19H14ClN3O5/c1-11-16(17(24)14-9-8-13(23(26)27)10-15(14)20)18(22(2)21-11)28-19(25)12-6-4-3-5-7-12/h3-10H,1-2H3. The number of carbonyl (C=O) groups is 2. The minimum atomic E-state index is -0.646. The Balaban J connectivity index is 2.00. The molecule has 0 saturated heterocycles. The van der Waals surface area contributed by atoms with Gasteiger partial charge in [0.25, 0.3) is 5.69 Å². The average molecular weight is 400 g/mol. The van der Waals surface area contributed by atoms with Gasteiger partial charge in [-0.2, -0.15) is 5.10 Å². The Kier molecular flexibility index (Phi) is 5.23. The Hall–Kier alpha value is -3.52. The molecular weight excluding hydrogens is 386 g/mol. The van der Waals surface area contributed by atoms with Crippen LogP contribution in [0.2, 0.25) is 5.02 Å². The van der Waals surface area contributed by atoms with Crippen molar-refractivity contribution in [3.05, 3.63) is 86.1 Å². The van der Waals surface area contributed by atoms with Gasteiger partial charge in [0, 0.05) is 24.7 Å². The van der Waals surface area contributed by atoms with Gasteiger partial charge in [0.05, 0.1) is 21.2 Å². The number of nitro benzene ring substituents is 1. The van der Waals surface area contributed by atoms with Gasteiger partial charge < -0.3 is 4.74 Å². The molecule has 8 nitrogen and oxygen atoms in total. The number of nitrogens with zero attached hydrogens (tertiary/aromatic N) is 3. The highest BCUT2D eigenvalue weighted by molar-refractivity contribution is 6.35. The Morgan fingerprint density at radius 2 is 1.86 bits per heavy atom. The number of benzene rings is 2. The normalized spacial score (nSPS) is 10.5. The lowest BCUT2D eigenvalue weighted by molar-refractivity contribution is -0.384. The molecule has 9 heteroatoms.